The van der Waals surface area contributed by atoms with Crippen LogP contribution in [-0.2, 0) is 21.2 Å². The standard InChI is InChI=1S/C27H28FN5O4S3/c1-3-32-24(31-11-9-30(10-12-31)19-6-4-18(28)5-7-19)21(17(2)22(15-29)25(32)34)14-23-26(35)33(27(38)39-23)20-8-13-40(36,37)16-20/h4-7,14,20H,3,8-13,16H2,1-2H3/b23-14-. The number of rotatable bonds is 5. The van der Waals surface area contributed by atoms with Crippen molar-refractivity contribution in [3.8, 4) is 6.07 Å². The smallest absolute Gasteiger partial charge is 0.270 e. The van der Waals surface area contributed by atoms with Crippen molar-refractivity contribution in [2.45, 2.75) is 32.9 Å². The molecule has 2 aromatic rings. The third-order valence-corrected chi connectivity index (χ3v) is 10.7. The first-order valence-corrected chi connectivity index (χ1v) is 16.0. The molecule has 1 atom stereocenters. The molecule has 1 unspecified atom stereocenters. The molecule has 0 bridgehead atoms. The van der Waals surface area contributed by atoms with Crippen LogP contribution in [0.4, 0.5) is 15.9 Å². The lowest BCUT2D eigenvalue weighted by Gasteiger charge is -2.39. The second-order valence-corrected chi connectivity index (χ2v) is 13.9. The third-order valence-electron chi connectivity index (χ3n) is 7.61. The molecule has 13 heteroatoms. The minimum absolute atomic E-state index is 0.0131. The highest BCUT2D eigenvalue weighted by Crippen LogP contribution is 2.38. The van der Waals surface area contributed by atoms with Crippen molar-refractivity contribution in [1.29, 1.82) is 5.26 Å². The van der Waals surface area contributed by atoms with Gasteiger partial charge in [-0.05, 0) is 56.2 Å². The Morgan fingerprint density at radius 2 is 1.80 bits per heavy atom. The summed E-state index contributed by atoms with van der Waals surface area (Å²) < 4.78 is 39.4. The molecule has 4 heterocycles. The molecule has 3 fully saturated rings. The zero-order valence-electron chi connectivity index (χ0n) is 22.1. The number of hydrogen-bond donors (Lipinski definition) is 0. The maximum Gasteiger partial charge on any atom is 0.270 e. The molecule has 3 aliphatic heterocycles. The number of amides is 1. The van der Waals surface area contributed by atoms with Crippen LogP contribution in [0, 0.1) is 24.1 Å². The Hall–Kier alpha value is -3.21. The molecule has 5 rings (SSSR count). The number of sulfone groups is 1. The van der Waals surface area contributed by atoms with Gasteiger partial charge in [0.25, 0.3) is 11.5 Å². The largest absolute Gasteiger partial charge is 0.368 e. The number of thiocarbonyl (C=S) groups is 1. The van der Waals surface area contributed by atoms with Crippen LogP contribution in [0.3, 0.4) is 0 Å². The second kappa shape index (κ2) is 11.0. The number of hydrogen-bond acceptors (Lipinski definition) is 9. The number of nitrogens with zero attached hydrogens (tertiary/aromatic N) is 5. The molecule has 210 valence electrons. The molecule has 0 radical (unpaired) electrons. The third kappa shape index (κ3) is 5.15. The molecule has 9 nitrogen and oxygen atoms in total. The number of thioether (sulfide) groups is 1. The van der Waals surface area contributed by atoms with E-state index in [0.29, 0.717) is 65.3 Å². The highest BCUT2D eigenvalue weighted by Gasteiger charge is 2.42. The highest BCUT2D eigenvalue weighted by molar-refractivity contribution is 8.26. The van der Waals surface area contributed by atoms with Gasteiger partial charge in [0.1, 0.15) is 27.6 Å². The Bertz CT molecular complexity index is 1620. The first-order valence-electron chi connectivity index (χ1n) is 12.9. The van der Waals surface area contributed by atoms with Gasteiger partial charge in [-0.25, -0.2) is 12.8 Å². The van der Waals surface area contributed by atoms with Crippen LogP contribution >= 0.6 is 24.0 Å². The quantitative estimate of drug-likeness (QED) is 0.378. The molecule has 3 aliphatic rings. The van der Waals surface area contributed by atoms with Gasteiger partial charge in [-0.1, -0.05) is 24.0 Å². The number of aromatic nitrogens is 1. The highest BCUT2D eigenvalue weighted by atomic mass is 32.2. The number of nitriles is 1. The maximum absolute atomic E-state index is 13.5. The fourth-order valence-corrected chi connectivity index (χ4v) is 8.59. The Labute approximate surface area is 241 Å². The van der Waals surface area contributed by atoms with E-state index >= 15 is 0 Å². The predicted octanol–water partition coefficient (Wildman–Crippen LogP) is 2.90. The fraction of sp³-hybridized carbons (Fsp3) is 0.407. The van der Waals surface area contributed by atoms with Crippen molar-refractivity contribution in [1.82, 2.24) is 9.47 Å². The number of carbonyl (C=O) groups excluding carboxylic acids is 1. The van der Waals surface area contributed by atoms with Gasteiger partial charge < -0.3 is 9.80 Å². The van der Waals surface area contributed by atoms with Gasteiger partial charge >= 0.3 is 0 Å². The topological polar surface area (TPSA) is 107 Å². The van der Waals surface area contributed by atoms with Crippen molar-refractivity contribution in [3.63, 3.8) is 0 Å². The lowest BCUT2D eigenvalue weighted by Crippen LogP contribution is -2.48. The summed E-state index contributed by atoms with van der Waals surface area (Å²) in [6.07, 6.45) is 2.02. The Kier molecular flexibility index (Phi) is 7.78. The zero-order chi connectivity index (χ0) is 28.8. The Balaban J connectivity index is 1.52. The van der Waals surface area contributed by atoms with Gasteiger partial charge in [0, 0.05) is 44.0 Å². The van der Waals surface area contributed by atoms with Crippen molar-refractivity contribution >= 4 is 61.6 Å². The SMILES string of the molecule is CCn1c(N2CCN(c3ccc(F)cc3)CC2)c(/C=C2\SC(=S)N(C3CCS(=O)(=O)C3)C2=O)c(C)c(C#N)c1=O. The number of benzene rings is 1. The summed E-state index contributed by atoms with van der Waals surface area (Å²) in [6.45, 7) is 6.23. The van der Waals surface area contributed by atoms with Crippen LogP contribution in [0.1, 0.15) is 30.0 Å². The summed E-state index contributed by atoms with van der Waals surface area (Å²) in [6, 6.07) is 7.87. The van der Waals surface area contributed by atoms with Crippen LogP contribution in [0.25, 0.3) is 6.08 Å². The lowest BCUT2D eigenvalue weighted by molar-refractivity contribution is -0.123. The van der Waals surface area contributed by atoms with Gasteiger partial charge in [-0.15, -0.1) is 0 Å². The van der Waals surface area contributed by atoms with E-state index in [-0.39, 0.29) is 34.4 Å². The first-order chi connectivity index (χ1) is 19.0. The van der Waals surface area contributed by atoms with E-state index < -0.39 is 15.9 Å². The molecule has 0 aliphatic carbocycles. The van der Waals surface area contributed by atoms with Crippen molar-refractivity contribution in [2.24, 2.45) is 0 Å². The van der Waals surface area contributed by atoms with Crippen molar-refractivity contribution < 1.29 is 17.6 Å². The van der Waals surface area contributed by atoms with Crippen molar-refractivity contribution in [2.75, 3.05) is 47.5 Å². The summed E-state index contributed by atoms with van der Waals surface area (Å²) in [4.78, 5) is 32.7. The van der Waals surface area contributed by atoms with E-state index in [1.165, 1.54) is 17.0 Å². The van der Waals surface area contributed by atoms with E-state index in [1.54, 1.807) is 29.7 Å². The van der Waals surface area contributed by atoms with Crippen LogP contribution in [-0.4, -0.2) is 71.8 Å². The molecule has 1 aromatic heterocycles. The number of piperazine rings is 1. The minimum Gasteiger partial charge on any atom is -0.368 e. The molecule has 3 saturated heterocycles. The molecule has 1 amide bonds. The summed E-state index contributed by atoms with van der Waals surface area (Å²) in [5.74, 6) is -0.137. The molecule has 1 aromatic carbocycles. The van der Waals surface area contributed by atoms with Gasteiger partial charge in [0.05, 0.1) is 22.5 Å². The van der Waals surface area contributed by atoms with Crippen LogP contribution in [0.5, 0.6) is 0 Å². The number of pyridine rings is 1. The van der Waals surface area contributed by atoms with Crippen LogP contribution < -0.4 is 15.4 Å². The molecule has 0 spiro atoms. The van der Waals surface area contributed by atoms with E-state index in [9.17, 15) is 27.7 Å². The number of anilines is 2. The summed E-state index contributed by atoms with van der Waals surface area (Å²) in [5, 5.41) is 9.83. The minimum atomic E-state index is -3.22. The van der Waals surface area contributed by atoms with E-state index in [2.05, 4.69) is 9.80 Å². The molecule has 0 saturated carbocycles. The van der Waals surface area contributed by atoms with Gasteiger partial charge in [-0.2, -0.15) is 5.26 Å². The fourth-order valence-electron chi connectivity index (χ4n) is 5.51. The molecule has 40 heavy (non-hydrogen) atoms. The van der Waals surface area contributed by atoms with E-state index in [4.69, 9.17) is 12.2 Å². The van der Waals surface area contributed by atoms with Crippen molar-refractivity contribution in [3.05, 3.63) is 62.0 Å². The molecular weight excluding hydrogens is 574 g/mol. The Morgan fingerprint density at radius 1 is 1.15 bits per heavy atom. The van der Waals surface area contributed by atoms with Crippen LogP contribution in [0.15, 0.2) is 34.0 Å². The molecule has 0 N–H and O–H groups in total. The summed E-state index contributed by atoms with van der Waals surface area (Å²) in [7, 11) is -3.22. The number of halogens is 1. The average molecular weight is 602 g/mol. The predicted molar refractivity (Wildman–Crippen MR) is 159 cm³/mol. The maximum atomic E-state index is 13.5. The normalized spacial score (nSPS) is 21.9. The lowest BCUT2D eigenvalue weighted by atomic mass is 10.0. The second-order valence-electron chi connectivity index (χ2n) is 9.96. The van der Waals surface area contributed by atoms with E-state index in [0.717, 1.165) is 17.4 Å². The average Bonchev–Trinajstić information content (AvgIpc) is 3.42. The number of carbonyl (C=O) groups is 1. The Morgan fingerprint density at radius 3 is 2.38 bits per heavy atom. The first kappa shape index (κ1) is 28.3. The monoisotopic (exact) mass is 601 g/mol. The zero-order valence-corrected chi connectivity index (χ0v) is 24.5. The summed E-state index contributed by atoms with van der Waals surface area (Å²) >= 11 is 6.59. The molecular formula is C27H28FN5O4S3. The van der Waals surface area contributed by atoms with Crippen LogP contribution in [0.2, 0.25) is 0 Å². The van der Waals surface area contributed by atoms with E-state index in [1.807, 2.05) is 13.0 Å². The van der Waals surface area contributed by atoms with Gasteiger partial charge in [0.15, 0.2) is 9.84 Å². The van der Waals surface area contributed by atoms with Gasteiger partial charge in [-0.3, -0.25) is 19.1 Å². The summed E-state index contributed by atoms with van der Waals surface area (Å²) in [5.41, 5.74) is 1.59. The van der Waals surface area contributed by atoms with Gasteiger partial charge in [0.2, 0.25) is 0 Å².